The van der Waals surface area contributed by atoms with Crippen LogP contribution in [0.2, 0.25) is 0 Å². The lowest BCUT2D eigenvalue weighted by Crippen LogP contribution is -2.14. The summed E-state index contributed by atoms with van der Waals surface area (Å²) in [6.07, 6.45) is 8.20. The Morgan fingerprint density at radius 1 is 1.05 bits per heavy atom. The Morgan fingerprint density at radius 3 is 2.15 bits per heavy atom. The molecule has 6 heteroatoms. The summed E-state index contributed by atoms with van der Waals surface area (Å²) in [6.45, 7) is 4.19. The predicted octanol–water partition coefficient (Wildman–Crippen LogP) is 3.19. The normalized spacial score (nSPS) is 11.8. The first-order valence-electron chi connectivity index (χ1n) is 7.42. The molecule has 0 bridgehead atoms. The van der Waals surface area contributed by atoms with Crippen LogP contribution >= 0.6 is 0 Å². The Balaban J connectivity index is 3.31. The summed E-state index contributed by atoms with van der Waals surface area (Å²) in [5.74, 6) is -0.157. The molecule has 0 aromatic carbocycles. The number of carbonyl (C=O) groups excluding carboxylic acids is 1. The number of esters is 1. The Labute approximate surface area is 122 Å². The van der Waals surface area contributed by atoms with E-state index in [9.17, 15) is 13.2 Å². The fourth-order valence-electron chi connectivity index (χ4n) is 1.86. The van der Waals surface area contributed by atoms with Gasteiger partial charge in [-0.15, -0.1) is 0 Å². The van der Waals surface area contributed by atoms with E-state index in [0.29, 0.717) is 6.42 Å². The average molecular weight is 308 g/mol. The van der Waals surface area contributed by atoms with Crippen molar-refractivity contribution in [3.63, 3.8) is 0 Å². The van der Waals surface area contributed by atoms with Crippen molar-refractivity contribution in [1.29, 1.82) is 0 Å². The molecule has 0 aromatic heterocycles. The highest BCUT2D eigenvalue weighted by Crippen LogP contribution is 2.12. The van der Waals surface area contributed by atoms with Crippen LogP contribution in [-0.2, 0) is 19.6 Å². The number of hydrogen-bond donors (Lipinski definition) is 1. The lowest BCUT2D eigenvalue weighted by Gasteiger charge is -2.05. The summed E-state index contributed by atoms with van der Waals surface area (Å²) >= 11 is 0. The smallest absolute Gasteiger partial charge is 0.305 e. The number of carbonyl (C=O) groups is 1. The molecule has 0 amide bonds. The summed E-state index contributed by atoms with van der Waals surface area (Å²) in [7, 11) is -4.04. The molecule has 5 nitrogen and oxygen atoms in total. The van der Waals surface area contributed by atoms with Gasteiger partial charge in [0.25, 0.3) is 10.1 Å². The topological polar surface area (TPSA) is 80.7 Å². The van der Waals surface area contributed by atoms with Crippen LogP contribution < -0.4 is 0 Å². The van der Waals surface area contributed by atoms with Gasteiger partial charge in [0.2, 0.25) is 0 Å². The second-order valence-electron chi connectivity index (χ2n) is 5.56. The van der Waals surface area contributed by atoms with Crippen molar-refractivity contribution >= 4 is 16.1 Å². The van der Waals surface area contributed by atoms with E-state index >= 15 is 0 Å². The minimum absolute atomic E-state index is 0.271. The zero-order chi connectivity index (χ0) is 15.4. The monoisotopic (exact) mass is 308 g/mol. The Morgan fingerprint density at radius 2 is 1.60 bits per heavy atom. The minimum atomic E-state index is -4.04. The van der Waals surface area contributed by atoms with Gasteiger partial charge in [0, 0.05) is 6.42 Å². The molecule has 0 aromatic rings. The van der Waals surface area contributed by atoms with Gasteiger partial charge >= 0.3 is 5.97 Å². The number of hydrogen-bond acceptors (Lipinski definition) is 4. The molecule has 0 aliphatic rings. The molecule has 0 unspecified atom stereocenters. The molecule has 0 saturated carbocycles. The molecule has 0 aliphatic heterocycles. The summed E-state index contributed by atoms with van der Waals surface area (Å²) in [5.41, 5.74) is 0. The maximum absolute atomic E-state index is 11.2. The van der Waals surface area contributed by atoms with Crippen LogP contribution in [-0.4, -0.2) is 31.3 Å². The van der Waals surface area contributed by atoms with Crippen molar-refractivity contribution in [3.05, 3.63) is 0 Å². The van der Waals surface area contributed by atoms with Crippen LogP contribution in [0.5, 0.6) is 0 Å². The molecule has 0 heterocycles. The van der Waals surface area contributed by atoms with E-state index in [0.717, 1.165) is 25.2 Å². The van der Waals surface area contributed by atoms with Crippen LogP contribution in [0.15, 0.2) is 0 Å². The largest absolute Gasteiger partial charge is 0.464 e. The molecule has 0 fully saturated rings. The van der Waals surface area contributed by atoms with Crippen molar-refractivity contribution in [3.8, 4) is 0 Å². The van der Waals surface area contributed by atoms with E-state index in [1.807, 2.05) is 0 Å². The number of rotatable bonds is 12. The molecule has 0 atom stereocenters. The molecule has 0 rings (SSSR count). The van der Waals surface area contributed by atoms with Crippen LogP contribution in [0, 0.1) is 5.92 Å². The average Bonchev–Trinajstić information content (AvgIpc) is 2.30. The third-order valence-electron chi connectivity index (χ3n) is 3.02. The lowest BCUT2D eigenvalue weighted by atomic mass is 10.0. The van der Waals surface area contributed by atoms with Crippen LogP contribution in [0.3, 0.4) is 0 Å². The van der Waals surface area contributed by atoms with Gasteiger partial charge in [-0.05, 0) is 12.3 Å². The highest BCUT2D eigenvalue weighted by molar-refractivity contribution is 7.85. The zero-order valence-corrected chi connectivity index (χ0v) is 13.5. The quantitative estimate of drug-likeness (QED) is 0.340. The van der Waals surface area contributed by atoms with Crippen molar-refractivity contribution in [1.82, 2.24) is 0 Å². The van der Waals surface area contributed by atoms with Gasteiger partial charge in [0.05, 0.1) is 0 Å². The van der Waals surface area contributed by atoms with Gasteiger partial charge < -0.3 is 4.74 Å². The second kappa shape index (κ2) is 11.1. The van der Waals surface area contributed by atoms with E-state index in [1.165, 1.54) is 25.7 Å². The molecule has 0 spiro atoms. The van der Waals surface area contributed by atoms with Gasteiger partial charge in [0.15, 0.2) is 0 Å². The fraction of sp³-hybridized carbons (Fsp3) is 0.929. The molecular formula is C14H28O5S. The highest BCUT2D eigenvalue weighted by Gasteiger charge is 2.07. The first-order chi connectivity index (χ1) is 9.31. The molecule has 0 saturated heterocycles. The van der Waals surface area contributed by atoms with E-state index in [4.69, 9.17) is 9.29 Å². The third-order valence-corrected chi connectivity index (χ3v) is 3.70. The fourth-order valence-corrected chi connectivity index (χ4v) is 2.16. The van der Waals surface area contributed by atoms with E-state index in [1.54, 1.807) is 0 Å². The Bertz CT molecular complexity index is 349. The summed E-state index contributed by atoms with van der Waals surface area (Å²) in [4.78, 5) is 11.2. The molecule has 1 N–H and O–H groups in total. The van der Waals surface area contributed by atoms with Crippen molar-refractivity contribution in [2.45, 2.75) is 65.2 Å². The predicted molar refractivity (Wildman–Crippen MR) is 79.1 cm³/mol. The number of unbranched alkanes of at least 4 members (excludes halogenated alkanes) is 5. The third kappa shape index (κ3) is 15.4. The van der Waals surface area contributed by atoms with Crippen molar-refractivity contribution < 1.29 is 22.5 Å². The lowest BCUT2D eigenvalue weighted by molar-refractivity contribution is -0.143. The molecule has 20 heavy (non-hydrogen) atoms. The molecule has 0 radical (unpaired) electrons. The summed E-state index contributed by atoms with van der Waals surface area (Å²) in [5, 5.41) is 0. The molecule has 0 aliphatic carbocycles. The standard InChI is InChI=1S/C14H28O5S/c1-13(2)9-7-5-3-4-6-8-10-14(15)19-11-12-20(16,17)18/h13H,3-12H2,1-2H3,(H,16,17,18). The van der Waals surface area contributed by atoms with Gasteiger partial charge in [-0.1, -0.05) is 52.4 Å². The first kappa shape index (κ1) is 19.4. The van der Waals surface area contributed by atoms with E-state index in [2.05, 4.69) is 13.8 Å². The van der Waals surface area contributed by atoms with E-state index in [-0.39, 0.29) is 6.61 Å². The van der Waals surface area contributed by atoms with Gasteiger partial charge in [0.1, 0.15) is 12.4 Å². The van der Waals surface area contributed by atoms with Crippen LogP contribution in [0.25, 0.3) is 0 Å². The SMILES string of the molecule is CC(C)CCCCCCCCC(=O)OCCS(=O)(=O)O. The summed E-state index contributed by atoms with van der Waals surface area (Å²) < 4.78 is 34.0. The minimum Gasteiger partial charge on any atom is -0.464 e. The Kier molecular flexibility index (Phi) is 10.7. The first-order valence-corrected chi connectivity index (χ1v) is 9.03. The van der Waals surface area contributed by atoms with E-state index < -0.39 is 21.8 Å². The molecule has 120 valence electrons. The number of ether oxygens (including phenoxy) is 1. The Hall–Kier alpha value is -0.620. The van der Waals surface area contributed by atoms with Gasteiger partial charge in [-0.3, -0.25) is 9.35 Å². The maximum Gasteiger partial charge on any atom is 0.305 e. The summed E-state index contributed by atoms with van der Waals surface area (Å²) in [6, 6.07) is 0. The van der Waals surface area contributed by atoms with Gasteiger partial charge in [-0.2, -0.15) is 8.42 Å². The zero-order valence-electron chi connectivity index (χ0n) is 12.6. The van der Waals surface area contributed by atoms with Crippen LogP contribution in [0.4, 0.5) is 0 Å². The molecular weight excluding hydrogens is 280 g/mol. The highest BCUT2D eigenvalue weighted by atomic mass is 32.2. The second-order valence-corrected chi connectivity index (χ2v) is 7.13. The van der Waals surface area contributed by atoms with Crippen molar-refractivity contribution in [2.24, 2.45) is 5.92 Å². The van der Waals surface area contributed by atoms with Crippen molar-refractivity contribution in [2.75, 3.05) is 12.4 Å². The maximum atomic E-state index is 11.2. The van der Waals surface area contributed by atoms with Gasteiger partial charge in [-0.25, -0.2) is 0 Å². The van der Waals surface area contributed by atoms with Crippen LogP contribution in [0.1, 0.15) is 65.2 Å².